The number of hydrogen-bond acceptors (Lipinski definition) is 4. The number of amides is 2. The Labute approximate surface area is 134 Å². The minimum Gasteiger partial charge on any atom is -0.387 e. The third-order valence-electron chi connectivity index (χ3n) is 3.36. The van der Waals surface area contributed by atoms with Crippen LogP contribution in [0.5, 0.6) is 0 Å². The van der Waals surface area contributed by atoms with Crippen molar-refractivity contribution in [3.8, 4) is 0 Å². The van der Waals surface area contributed by atoms with E-state index in [0.717, 1.165) is 16.0 Å². The van der Waals surface area contributed by atoms with Gasteiger partial charge in [0.1, 0.15) is 0 Å². The fraction of sp³-hybridized carbons (Fsp3) is 0.375. The van der Waals surface area contributed by atoms with Gasteiger partial charge < -0.3 is 10.0 Å². The highest BCUT2D eigenvalue weighted by Gasteiger charge is 2.18. The first-order valence-corrected chi connectivity index (χ1v) is 8.04. The van der Waals surface area contributed by atoms with Gasteiger partial charge in [-0.15, -0.1) is 11.3 Å². The number of aliphatic hydroxyl groups is 1. The van der Waals surface area contributed by atoms with Gasteiger partial charge in [-0.1, -0.05) is 29.8 Å². The Morgan fingerprint density at radius 2 is 2.05 bits per heavy atom. The number of rotatable bonds is 5. The molecule has 1 unspecified atom stereocenters. The van der Waals surface area contributed by atoms with Crippen LogP contribution < -0.4 is 5.32 Å². The summed E-state index contributed by atoms with van der Waals surface area (Å²) < 4.78 is 0. The number of anilines is 1. The van der Waals surface area contributed by atoms with Gasteiger partial charge in [-0.2, -0.15) is 0 Å². The zero-order valence-electron chi connectivity index (χ0n) is 13.0. The fourth-order valence-electron chi connectivity index (χ4n) is 2.04. The third kappa shape index (κ3) is 4.29. The molecular formula is C16H21N3O2S. The molecule has 1 atom stereocenters. The number of nitrogens with one attached hydrogen (secondary N) is 1. The first kappa shape index (κ1) is 16.5. The molecule has 0 radical (unpaired) electrons. The Balaban J connectivity index is 1.98. The molecule has 0 aliphatic heterocycles. The average molecular weight is 319 g/mol. The molecule has 0 saturated heterocycles. The first-order chi connectivity index (χ1) is 10.5. The lowest BCUT2D eigenvalue weighted by Crippen LogP contribution is -2.37. The van der Waals surface area contributed by atoms with E-state index < -0.39 is 6.10 Å². The zero-order valence-corrected chi connectivity index (χ0v) is 13.9. The summed E-state index contributed by atoms with van der Waals surface area (Å²) in [5.41, 5.74) is 1.95. The molecule has 0 fully saturated rings. The van der Waals surface area contributed by atoms with E-state index in [1.807, 2.05) is 45.0 Å². The summed E-state index contributed by atoms with van der Waals surface area (Å²) in [4.78, 5) is 19.0. The number of benzene rings is 1. The number of aryl methyl sites for hydroxylation is 2. The number of hydrogen-bond donors (Lipinski definition) is 2. The number of carbonyl (C=O) groups is 1. The van der Waals surface area contributed by atoms with E-state index in [1.54, 1.807) is 11.1 Å². The molecule has 0 spiro atoms. The second-order valence-electron chi connectivity index (χ2n) is 5.17. The van der Waals surface area contributed by atoms with E-state index in [2.05, 4.69) is 10.3 Å². The Morgan fingerprint density at radius 1 is 1.36 bits per heavy atom. The van der Waals surface area contributed by atoms with Crippen molar-refractivity contribution in [1.82, 2.24) is 9.88 Å². The van der Waals surface area contributed by atoms with Crippen molar-refractivity contribution in [3.05, 3.63) is 46.5 Å². The highest BCUT2D eigenvalue weighted by Crippen LogP contribution is 2.18. The van der Waals surface area contributed by atoms with E-state index in [4.69, 9.17) is 0 Å². The Kier molecular flexibility index (Phi) is 5.51. The topological polar surface area (TPSA) is 65.5 Å². The molecule has 0 bridgehead atoms. The van der Waals surface area contributed by atoms with Gasteiger partial charge in [-0.3, -0.25) is 5.32 Å². The number of nitrogens with zero attached hydrogens (tertiary/aromatic N) is 2. The van der Waals surface area contributed by atoms with Gasteiger partial charge >= 0.3 is 6.03 Å². The minimum atomic E-state index is -0.704. The van der Waals surface area contributed by atoms with Crippen molar-refractivity contribution >= 4 is 22.5 Å². The number of aliphatic hydroxyl groups excluding tert-OH is 1. The van der Waals surface area contributed by atoms with Crippen molar-refractivity contribution in [2.75, 3.05) is 18.4 Å². The molecule has 22 heavy (non-hydrogen) atoms. The van der Waals surface area contributed by atoms with Crippen LogP contribution in [0.4, 0.5) is 9.93 Å². The smallest absolute Gasteiger partial charge is 0.323 e. The standard InChI is InChI=1S/C16H21N3O2S/c1-4-19(16(21)18-15-17-9-12(3)22-15)10-14(20)13-7-5-11(2)6-8-13/h5-9,14,20H,4,10H2,1-3H3,(H,17,18,21). The molecule has 0 aliphatic carbocycles. The molecule has 2 amide bonds. The maximum atomic E-state index is 12.2. The van der Waals surface area contributed by atoms with E-state index >= 15 is 0 Å². The number of likely N-dealkylation sites (N-methyl/N-ethyl adjacent to an activating group) is 1. The Bertz CT molecular complexity index is 625. The van der Waals surface area contributed by atoms with Crippen LogP contribution in [-0.2, 0) is 0 Å². The van der Waals surface area contributed by atoms with Crippen molar-refractivity contribution in [1.29, 1.82) is 0 Å². The summed E-state index contributed by atoms with van der Waals surface area (Å²) in [6.07, 6.45) is 1.02. The molecule has 2 N–H and O–H groups in total. The summed E-state index contributed by atoms with van der Waals surface area (Å²) in [5.74, 6) is 0. The molecular weight excluding hydrogens is 298 g/mol. The summed E-state index contributed by atoms with van der Waals surface area (Å²) >= 11 is 1.43. The molecule has 5 nitrogen and oxygen atoms in total. The average Bonchev–Trinajstić information content (AvgIpc) is 2.90. The summed E-state index contributed by atoms with van der Waals surface area (Å²) in [6, 6.07) is 7.43. The molecule has 2 rings (SSSR count). The number of aromatic nitrogens is 1. The van der Waals surface area contributed by atoms with Gasteiger partial charge in [0.25, 0.3) is 0 Å². The molecule has 0 saturated carbocycles. The maximum absolute atomic E-state index is 12.2. The monoisotopic (exact) mass is 319 g/mol. The summed E-state index contributed by atoms with van der Waals surface area (Å²) in [6.45, 7) is 6.58. The second kappa shape index (κ2) is 7.38. The summed E-state index contributed by atoms with van der Waals surface area (Å²) in [5, 5.41) is 13.6. The molecule has 0 aliphatic rings. The number of thiazole rings is 1. The van der Waals surface area contributed by atoms with Crippen LogP contribution in [0, 0.1) is 13.8 Å². The normalized spacial score (nSPS) is 12.0. The molecule has 118 valence electrons. The van der Waals surface area contributed by atoms with E-state index in [1.165, 1.54) is 11.3 Å². The SMILES string of the molecule is CCN(CC(O)c1ccc(C)cc1)C(=O)Nc1ncc(C)s1. The summed E-state index contributed by atoms with van der Waals surface area (Å²) in [7, 11) is 0. The van der Waals surface area contributed by atoms with Crippen LogP contribution in [0.15, 0.2) is 30.5 Å². The lowest BCUT2D eigenvalue weighted by Gasteiger charge is -2.24. The quantitative estimate of drug-likeness (QED) is 0.888. The van der Waals surface area contributed by atoms with E-state index in [-0.39, 0.29) is 12.6 Å². The van der Waals surface area contributed by atoms with Gasteiger partial charge in [-0.25, -0.2) is 9.78 Å². The predicted octanol–water partition coefficient (Wildman–Crippen LogP) is 3.35. The third-order valence-corrected chi connectivity index (χ3v) is 4.19. The van der Waals surface area contributed by atoms with Crippen LogP contribution in [0.2, 0.25) is 0 Å². The van der Waals surface area contributed by atoms with Crippen LogP contribution in [0.3, 0.4) is 0 Å². The zero-order chi connectivity index (χ0) is 16.1. The van der Waals surface area contributed by atoms with Gasteiger partial charge in [0, 0.05) is 17.6 Å². The van der Waals surface area contributed by atoms with Crippen molar-refractivity contribution in [3.63, 3.8) is 0 Å². The highest BCUT2D eigenvalue weighted by molar-refractivity contribution is 7.15. The largest absolute Gasteiger partial charge is 0.387 e. The van der Waals surface area contributed by atoms with Gasteiger partial charge in [-0.05, 0) is 26.3 Å². The predicted molar refractivity (Wildman–Crippen MR) is 89.3 cm³/mol. The van der Waals surface area contributed by atoms with Gasteiger partial charge in [0.2, 0.25) is 0 Å². The Hall–Kier alpha value is -1.92. The van der Waals surface area contributed by atoms with Crippen LogP contribution in [0.1, 0.15) is 29.0 Å². The first-order valence-electron chi connectivity index (χ1n) is 7.22. The molecule has 6 heteroatoms. The molecule has 1 heterocycles. The van der Waals surface area contributed by atoms with Crippen LogP contribution in [0.25, 0.3) is 0 Å². The van der Waals surface area contributed by atoms with Gasteiger partial charge in [0.15, 0.2) is 5.13 Å². The minimum absolute atomic E-state index is 0.246. The molecule has 2 aromatic rings. The van der Waals surface area contributed by atoms with Crippen molar-refractivity contribution in [2.45, 2.75) is 26.9 Å². The maximum Gasteiger partial charge on any atom is 0.323 e. The molecule has 1 aromatic heterocycles. The van der Waals surface area contributed by atoms with Gasteiger partial charge in [0.05, 0.1) is 12.6 Å². The molecule has 1 aromatic carbocycles. The second-order valence-corrected chi connectivity index (χ2v) is 6.41. The van der Waals surface area contributed by atoms with Crippen molar-refractivity contribution in [2.24, 2.45) is 0 Å². The van der Waals surface area contributed by atoms with E-state index in [0.29, 0.717) is 11.7 Å². The van der Waals surface area contributed by atoms with E-state index in [9.17, 15) is 9.90 Å². The number of carbonyl (C=O) groups excluding carboxylic acids is 1. The lowest BCUT2D eigenvalue weighted by molar-refractivity contribution is 0.128. The van der Waals surface area contributed by atoms with Crippen LogP contribution in [-0.4, -0.2) is 34.1 Å². The number of urea groups is 1. The Morgan fingerprint density at radius 3 is 2.59 bits per heavy atom. The fourth-order valence-corrected chi connectivity index (χ4v) is 2.70. The highest BCUT2D eigenvalue weighted by atomic mass is 32.1. The lowest BCUT2D eigenvalue weighted by atomic mass is 10.1. The van der Waals surface area contributed by atoms with Crippen LogP contribution >= 0.6 is 11.3 Å². The van der Waals surface area contributed by atoms with Crippen molar-refractivity contribution < 1.29 is 9.90 Å².